The Kier molecular flexibility index (Phi) is 3.00. The van der Waals surface area contributed by atoms with E-state index in [2.05, 4.69) is 30.7 Å². The first-order valence-electron chi connectivity index (χ1n) is 8.92. The number of nitrogens with one attached hydrogen (secondary N) is 2. The molecule has 0 saturated heterocycles. The number of hydrogen-bond donors (Lipinski definition) is 2. The van der Waals surface area contributed by atoms with Gasteiger partial charge in [-0.15, -0.1) is 0 Å². The number of fused-ring (bicyclic) bond motifs is 3. The number of aromatic amines is 1. The van der Waals surface area contributed by atoms with Crippen molar-refractivity contribution in [1.82, 2.24) is 25.4 Å². The maximum atomic E-state index is 12.7. The molecule has 9 heteroatoms. The third kappa shape index (κ3) is 2.32. The Morgan fingerprint density at radius 2 is 1.86 bits per heavy atom. The van der Waals surface area contributed by atoms with Crippen molar-refractivity contribution in [3.8, 4) is 0 Å². The van der Waals surface area contributed by atoms with Crippen LogP contribution in [0, 0.1) is 5.92 Å². The Bertz CT molecular complexity index is 1420. The predicted molar refractivity (Wildman–Crippen MR) is 105 cm³/mol. The van der Waals surface area contributed by atoms with E-state index >= 15 is 0 Å². The highest BCUT2D eigenvalue weighted by Crippen LogP contribution is 2.48. The van der Waals surface area contributed by atoms with Crippen LogP contribution in [0.25, 0.3) is 27.5 Å². The summed E-state index contributed by atoms with van der Waals surface area (Å²) < 4.78 is 25.3. The largest absolute Gasteiger partial charge is 0.340 e. The number of H-pyrrole nitrogens is 1. The van der Waals surface area contributed by atoms with Crippen molar-refractivity contribution >= 4 is 48.9 Å². The Morgan fingerprint density at radius 1 is 1.00 bits per heavy atom. The Morgan fingerprint density at radius 3 is 2.71 bits per heavy atom. The summed E-state index contributed by atoms with van der Waals surface area (Å²) >= 11 is 0. The lowest BCUT2D eigenvalue weighted by atomic mass is 10.0. The normalized spacial score (nSPS) is 17.6. The van der Waals surface area contributed by atoms with Gasteiger partial charge in [-0.3, -0.25) is 0 Å². The quantitative estimate of drug-likeness (QED) is 0.552. The average Bonchev–Trinajstić information content (AvgIpc) is 3.36. The minimum atomic E-state index is -3.43. The van der Waals surface area contributed by atoms with Gasteiger partial charge in [0, 0.05) is 16.5 Å². The lowest BCUT2D eigenvalue weighted by molar-refractivity contribution is 0.605. The fraction of sp³-hybridized carbons (Fsp3) is 0.158. The summed E-state index contributed by atoms with van der Waals surface area (Å²) in [5.41, 5.74) is 4.68. The number of aromatic nitrogens is 5. The van der Waals surface area contributed by atoms with Crippen LogP contribution in [0.15, 0.2) is 47.0 Å². The number of allylic oxidation sites excluding steroid dienone is 1. The Balaban J connectivity index is 1.49. The molecular formula is C19H14N6O2S. The highest BCUT2D eigenvalue weighted by atomic mass is 32.2. The van der Waals surface area contributed by atoms with E-state index < -0.39 is 9.84 Å². The van der Waals surface area contributed by atoms with E-state index in [0.29, 0.717) is 27.5 Å². The van der Waals surface area contributed by atoms with E-state index in [4.69, 9.17) is 0 Å². The third-order valence-electron chi connectivity index (χ3n) is 5.23. The molecule has 138 valence electrons. The van der Waals surface area contributed by atoms with Gasteiger partial charge in [-0.2, -0.15) is 15.4 Å². The molecule has 6 rings (SSSR count). The third-order valence-corrected chi connectivity index (χ3v) is 6.75. The molecule has 2 aromatic carbocycles. The molecule has 2 N–H and O–H groups in total. The number of nitrogens with zero attached hydrogens (tertiary/aromatic N) is 4. The van der Waals surface area contributed by atoms with Gasteiger partial charge in [0.05, 0.1) is 10.4 Å². The van der Waals surface area contributed by atoms with E-state index in [1.54, 1.807) is 6.07 Å². The maximum absolute atomic E-state index is 12.7. The zero-order valence-corrected chi connectivity index (χ0v) is 15.4. The standard InChI is InChI=1S/C19H14N6O2S/c26-28(27)8-14(10-1-2-10)12-6-16-13(7-18(12)28)19(21-9-20-16)22-11-3-4-15-17(5-11)24-25-23-15/h3-10H,1-2H2,(H,20,21,22)(H,23,24,25). The molecule has 3 heterocycles. The van der Waals surface area contributed by atoms with Crippen LogP contribution >= 0.6 is 0 Å². The monoisotopic (exact) mass is 390 g/mol. The molecule has 0 atom stereocenters. The molecule has 0 radical (unpaired) electrons. The van der Waals surface area contributed by atoms with Crippen molar-refractivity contribution in [2.24, 2.45) is 5.92 Å². The van der Waals surface area contributed by atoms with Gasteiger partial charge in [-0.25, -0.2) is 18.4 Å². The molecule has 8 nitrogen and oxygen atoms in total. The van der Waals surface area contributed by atoms with Crippen molar-refractivity contribution in [3.63, 3.8) is 0 Å². The van der Waals surface area contributed by atoms with Crippen LogP contribution in [0.5, 0.6) is 0 Å². The summed E-state index contributed by atoms with van der Waals surface area (Å²) in [4.78, 5) is 9.04. The van der Waals surface area contributed by atoms with Gasteiger partial charge in [0.2, 0.25) is 9.84 Å². The maximum Gasteiger partial charge on any atom is 0.200 e. The summed E-state index contributed by atoms with van der Waals surface area (Å²) in [6.45, 7) is 0. The van der Waals surface area contributed by atoms with Gasteiger partial charge < -0.3 is 5.32 Å². The molecule has 28 heavy (non-hydrogen) atoms. The molecular weight excluding hydrogens is 376 g/mol. The first-order valence-corrected chi connectivity index (χ1v) is 10.5. The van der Waals surface area contributed by atoms with Crippen molar-refractivity contribution in [2.45, 2.75) is 17.7 Å². The second-order valence-electron chi connectivity index (χ2n) is 7.13. The fourth-order valence-corrected chi connectivity index (χ4v) is 5.25. The summed E-state index contributed by atoms with van der Waals surface area (Å²) in [7, 11) is -3.43. The van der Waals surface area contributed by atoms with Crippen LogP contribution < -0.4 is 5.32 Å². The zero-order chi connectivity index (χ0) is 18.9. The highest BCUT2D eigenvalue weighted by molar-refractivity contribution is 7.95. The van der Waals surface area contributed by atoms with Crippen molar-refractivity contribution in [3.05, 3.63) is 47.6 Å². The Labute approximate surface area is 159 Å². The zero-order valence-electron chi connectivity index (χ0n) is 14.5. The van der Waals surface area contributed by atoms with E-state index in [9.17, 15) is 8.42 Å². The molecule has 2 aliphatic rings. The minimum absolute atomic E-state index is 0.340. The van der Waals surface area contributed by atoms with Crippen molar-refractivity contribution < 1.29 is 8.42 Å². The molecule has 1 aliphatic carbocycles. The van der Waals surface area contributed by atoms with Crippen LogP contribution in [0.3, 0.4) is 0 Å². The van der Waals surface area contributed by atoms with Gasteiger partial charge in [-0.1, -0.05) is 0 Å². The van der Waals surface area contributed by atoms with E-state index in [1.807, 2.05) is 24.3 Å². The van der Waals surface area contributed by atoms with Gasteiger partial charge in [0.25, 0.3) is 0 Å². The van der Waals surface area contributed by atoms with Gasteiger partial charge in [0.15, 0.2) is 0 Å². The molecule has 2 aromatic heterocycles. The van der Waals surface area contributed by atoms with E-state index in [1.165, 1.54) is 11.7 Å². The van der Waals surface area contributed by atoms with Crippen LogP contribution in [-0.4, -0.2) is 33.8 Å². The molecule has 1 aliphatic heterocycles. The summed E-state index contributed by atoms with van der Waals surface area (Å²) in [5, 5.41) is 16.0. The number of benzene rings is 2. The SMILES string of the molecule is O=S1(=O)C=C(C2CC2)c2cc3ncnc(Nc4ccc5n[nH]nc5c4)c3cc21. The topological polar surface area (TPSA) is 114 Å². The number of rotatable bonds is 3. The second-order valence-corrected chi connectivity index (χ2v) is 8.90. The summed E-state index contributed by atoms with van der Waals surface area (Å²) in [6.07, 6.45) is 3.57. The summed E-state index contributed by atoms with van der Waals surface area (Å²) in [5.74, 6) is 0.896. The van der Waals surface area contributed by atoms with E-state index in [0.717, 1.165) is 40.7 Å². The number of sulfone groups is 1. The van der Waals surface area contributed by atoms with Gasteiger partial charge in [-0.05, 0) is 60.2 Å². The molecule has 0 spiro atoms. The Hall–Kier alpha value is -3.33. The molecule has 0 amide bonds. The molecule has 4 aromatic rings. The molecule has 1 saturated carbocycles. The minimum Gasteiger partial charge on any atom is -0.340 e. The number of anilines is 2. The van der Waals surface area contributed by atoms with Crippen LogP contribution in [-0.2, 0) is 9.84 Å². The lowest BCUT2D eigenvalue weighted by Gasteiger charge is -2.10. The molecule has 1 fully saturated rings. The smallest absolute Gasteiger partial charge is 0.200 e. The van der Waals surface area contributed by atoms with Crippen LogP contribution in [0.4, 0.5) is 11.5 Å². The van der Waals surface area contributed by atoms with Crippen molar-refractivity contribution in [2.75, 3.05) is 5.32 Å². The molecule has 0 unspecified atom stereocenters. The van der Waals surface area contributed by atoms with Gasteiger partial charge >= 0.3 is 0 Å². The molecule has 0 bridgehead atoms. The van der Waals surface area contributed by atoms with Crippen molar-refractivity contribution in [1.29, 1.82) is 0 Å². The predicted octanol–water partition coefficient (Wildman–Crippen LogP) is 3.18. The average molecular weight is 390 g/mol. The first-order chi connectivity index (χ1) is 13.6. The summed E-state index contributed by atoms with van der Waals surface area (Å²) in [6, 6.07) is 9.12. The lowest BCUT2D eigenvalue weighted by Crippen LogP contribution is -1.99. The van der Waals surface area contributed by atoms with Gasteiger partial charge in [0.1, 0.15) is 23.2 Å². The fourth-order valence-electron chi connectivity index (χ4n) is 3.70. The highest BCUT2D eigenvalue weighted by Gasteiger charge is 2.36. The first kappa shape index (κ1) is 15.7. The second kappa shape index (κ2) is 5.35. The van der Waals surface area contributed by atoms with E-state index in [-0.39, 0.29) is 0 Å². The van der Waals surface area contributed by atoms with Crippen LogP contribution in [0.1, 0.15) is 18.4 Å². The number of hydrogen-bond acceptors (Lipinski definition) is 7. The van der Waals surface area contributed by atoms with Crippen LogP contribution in [0.2, 0.25) is 0 Å².